The molecule has 0 unspecified atom stereocenters. The van der Waals surface area contributed by atoms with Gasteiger partial charge in [-0.2, -0.15) is 16.2 Å². The summed E-state index contributed by atoms with van der Waals surface area (Å²) in [4.78, 5) is 14.4. The van der Waals surface area contributed by atoms with Crippen LogP contribution < -0.4 is 4.90 Å². The fourth-order valence-corrected chi connectivity index (χ4v) is 5.30. The van der Waals surface area contributed by atoms with E-state index in [4.69, 9.17) is 0 Å². The van der Waals surface area contributed by atoms with Crippen LogP contribution in [0.15, 0.2) is 113 Å². The lowest BCUT2D eigenvalue weighted by molar-refractivity contribution is -0.132. The summed E-state index contributed by atoms with van der Waals surface area (Å²) in [7, 11) is -0.974. The van der Waals surface area contributed by atoms with Gasteiger partial charge in [-0.3, -0.25) is 0 Å². The number of carbonyl (C=O) groups is 1. The van der Waals surface area contributed by atoms with E-state index in [0.717, 1.165) is 22.6 Å². The van der Waals surface area contributed by atoms with Gasteiger partial charge in [0, 0.05) is 22.0 Å². The van der Waals surface area contributed by atoms with Crippen LogP contribution in [0.3, 0.4) is 0 Å². The number of anilines is 3. The van der Waals surface area contributed by atoms with Crippen molar-refractivity contribution in [2.75, 3.05) is 4.90 Å². The normalized spacial score (nSPS) is 14.1. The standard InChI is InChI=1S/C26H20N2O2S/c27-19-24(26(29)30)25(31-17-7-8-18-31)20-13-15-23(16-14-20)28(21-9-3-1-4-10-21)22-11-5-2-6-12-22/h1-18,31H,(H,29,30). The first-order valence-corrected chi connectivity index (χ1v) is 11.2. The monoisotopic (exact) mass is 424 g/mol. The van der Waals surface area contributed by atoms with Gasteiger partial charge in [0.2, 0.25) is 0 Å². The van der Waals surface area contributed by atoms with E-state index < -0.39 is 16.9 Å². The Hall–Kier alpha value is -4.01. The van der Waals surface area contributed by atoms with Gasteiger partial charge in [-0.25, -0.2) is 4.79 Å². The Kier molecular flexibility index (Phi) is 6.02. The highest BCUT2D eigenvalue weighted by molar-refractivity contribution is 8.30. The SMILES string of the molecule is N#CC(C(=O)O)=C(c1ccc(N(c2ccccc2)c2ccccc2)cc1)[SH]1C=CC=C1. The fourth-order valence-electron chi connectivity index (χ4n) is 3.48. The molecule has 0 spiro atoms. The zero-order valence-electron chi connectivity index (χ0n) is 16.6. The lowest BCUT2D eigenvalue weighted by Gasteiger charge is -2.26. The molecular weight excluding hydrogens is 404 g/mol. The van der Waals surface area contributed by atoms with E-state index in [1.807, 2.05) is 114 Å². The summed E-state index contributed by atoms with van der Waals surface area (Å²) in [5.41, 5.74) is 3.52. The Morgan fingerprint density at radius 2 is 1.26 bits per heavy atom. The van der Waals surface area contributed by atoms with Crippen molar-refractivity contribution < 1.29 is 9.90 Å². The molecule has 1 aliphatic rings. The van der Waals surface area contributed by atoms with Gasteiger partial charge in [-0.15, -0.1) is 0 Å². The van der Waals surface area contributed by atoms with Crippen LogP contribution >= 0.6 is 10.9 Å². The minimum atomic E-state index is -1.20. The number of para-hydroxylation sites is 2. The predicted molar refractivity (Wildman–Crippen MR) is 129 cm³/mol. The number of aliphatic carboxylic acids is 1. The van der Waals surface area contributed by atoms with Crippen LogP contribution in [0.5, 0.6) is 0 Å². The maximum atomic E-state index is 11.7. The van der Waals surface area contributed by atoms with E-state index in [1.165, 1.54) is 0 Å². The molecule has 5 heteroatoms. The van der Waals surface area contributed by atoms with Crippen molar-refractivity contribution in [3.63, 3.8) is 0 Å². The summed E-state index contributed by atoms with van der Waals surface area (Å²) in [6.07, 6.45) is 3.78. The highest BCUT2D eigenvalue weighted by atomic mass is 32.2. The van der Waals surface area contributed by atoms with Gasteiger partial charge in [0.25, 0.3) is 0 Å². The second kappa shape index (κ2) is 9.21. The highest BCUT2D eigenvalue weighted by Gasteiger charge is 2.21. The molecule has 0 saturated carbocycles. The minimum absolute atomic E-state index is 0.210. The summed E-state index contributed by atoms with van der Waals surface area (Å²) in [5, 5.41) is 23.0. The minimum Gasteiger partial charge on any atom is -0.477 e. The molecule has 4 rings (SSSR count). The summed E-state index contributed by atoms with van der Waals surface area (Å²) < 4.78 is 0. The van der Waals surface area contributed by atoms with Gasteiger partial charge in [-0.05, 0) is 52.8 Å². The molecule has 0 bridgehead atoms. The molecule has 152 valence electrons. The lowest BCUT2D eigenvalue weighted by Crippen LogP contribution is -2.09. The first-order chi connectivity index (χ1) is 15.2. The molecule has 3 aromatic rings. The molecule has 0 aliphatic carbocycles. The number of nitrogens with zero attached hydrogens (tertiary/aromatic N) is 2. The maximum Gasteiger partial charge on any atom is 0.347 e. The number of benzene rings is 3. The van der Waals surface area contributed by atoms with Gasteiger partial charge in [0.15, 0.2) is 0 Å². The average Bonchev–Trinajstić information content (AvgIpc) is 3.34. The number of hydrogen-bond acceptors (Lipinski definition) is 3. The molecule has 1 N–H and O–H groups in total. The smallest absolute Gasteiger partial charge is 0.347 e. The second-order valence-corrected chi connectivity index (χ2v) is 8.64. The van der Waals surface area contributed by atoms with Crippen LogP contribution in [0.2, 0.25) is 0 Å². The number of hydrogen-bond donors (Lipinski definition) is 2. The Labute approximate surface area is 184 Å². The van der Waals surface area contributed by atoms with Crippen LogP contribution in [0.25, 0.3) is 4.91 Å². The zero-order valence-corrected chi connectivity index (χ0v) is 17.5. The first-order valence-electron chi connectivity index (χ1n) is 9.70. The lowest BCUT2D eigenvalue weighted by atomic mass is 10.1. The summed E-state index contributed by atoms with van der Waals surface area (Å²) in [6, 6.07) is 29.7. The van der Waals surface area contributed by atoms with Crippen molar-refractivity contribution in [3.05, 3.63) is 119 Å². The van der Waals surface area contributed by atoms with Crippen LogP contribution in [0.1, 0.15) is 5.56 Å². The molecular formula is C26H20N2O2S. The predicted octanol–water partition coefficient (Wildman–Crippen LogP) is 6.52. The molecule has 3 aromatic carbocycles. The zero-order chi connectivity index (χ0) is 21.6. The van der Waals surface area contributed by atoms with E-state index >= 15 is 0 Å². The van der Waals surface area contributed by atoms with Crippen molar-refractivity contribution in [1.29, 1.82) is 5.26 Å². The fraction of sp³-hybridized carbons (Fsp3) is 0. The summed E-state index contributed by atoms with van der Waals surface area (Å²) in [6.45, 7) is 0. The number of nitriles is 1. The van der Waals surface area contributed by atoms with Gasteiger partial charge in [0.1, 0.15) is 11.6 Å². The van der Waals surface area contributed by atoms with Crippen LogP contribution in [0, 0.1) is 11.3 Å². The number of thiol groups is 1. The van der Waals surface area contributed by atoms with Crippen molar-refractivity contribution in [1.82, 2.24) is 0 Å². The summed E-state index contributed by atoms with van der Waals surface area (Å²) in [5.74, 6) is -1.20. The molecule has 1 heterocycles. The molecule has 0 atom stereocenters. The van der Waals surface area contributed by atoms with Gasteiger partial charge >= 0.3 is 5.97 Å². The Morgan fingerprint density at radius 3 is 1.71 bits per heavy atom. The van der Waals surface area contributed by atoms with E-state index in [1.54, 1.807) is 0 Å². The highest BCUT2D eigenvalue weighted by Crippen LogP contribution is 2.49. The number of carboxylic acids is 1. The van der Waals surface area contributed by atoms with Crippen molar-refractivity contribution in [3.8, 4) is 6.07 Å². The third-order valence-corrected chi connectivity index (χ3v) is 6.84. The largest absolute Gasteiger partial charge is 0.477 e. The van der Waals surface area contributed by atoms with E-state index in [0.29, 0.717) is 4.91 Å². The molecule has 31 heavy (non-hydrogen) atoms. The third kappa shape index (κ3) is 4.30. The Bertz CT molecular complexity index is 1160. The van der Waals surface area contributed by atoms with E-state index in [-0.39, 0.29) is 5.57 Å². The van der Waals surface area contributed by atoms with Crippen molar-refractivity contribution in [2.45, 2.75) is 0 Å². The van der Waals surface area contributed by atoms with Crippen molar-refractivity contribution in [2.24, 2.45) is 0 Å². The quantitative estimate of drug-likeness (QED) is 0.269. The van der Waals surface area contributed by atoms with E-state index in [9.17, 15) is 15.2 Å². The number of carboxylic acid groups (broad SMARTS) is 1. The molecule has 0 saturated heterocycles. The maximum absolute atomic E-state index is 11.7. The average molecular weight is 425 g/mol. The Balaban J connectivity index is 1.80. The van der Waals surface area contributed by atoms with Crippen molar-refractivity contribution >= 4 is 38.8 Å². The van der Waals surface area contributed by atoms with Gasteiger partial charge < -0.3 is 10.0 Å². The molecule has 0 fully saturated rings. The van der Waals surface area contributed by atoms with Gasteiger partial charge in [0.05, 0.1) is 0 Å². The molecule has 0 radical (unpaired) electrons. The molecule has 1 aliphatic heterocycles. The molecule has 0 amide bonds. The number of allylic oxidation sites excluding steroid dienone is 2. The summed E-state index contributed by atoms with van der Waals surface area (Å²) >= 11 is 0. The Morgan fingerprint density at radius 1 is 0.774 bits per heavy atom. The van der Waals surface area contributed by atoms with Gasteiger partial charge in [-0.1, -0.05) is 60.7 Å². The van der Waals surface area contributed by atoms with Crippen LogP contribution in [0.4, 0.5) is 17.1 Å². The third-order valence-electron chi connectivity index (χ3n) is 4.85. The topological polar surface area (TPSA) is 64.3 Å². The van der Waals surface area contributed by atoms with Crippen LogP contribution in [-0.2, 0) is 4.79 Å². The first kappa shape index (κ1) is 20.3. The number of rotatable bonds is 6. The molecule has 4 nitrogen and oxygen atoms in total. The second-order valence-electron chi connectivity index (χ2n) is 6.78. The van der Waals surface area contributed by atoms with Crippen LogP contribution in [-0.4, -0.2) is 11.1 Å². The molecule has 0 aromatic heterocycles. The van der Waals surface area contributed by atoms with E-state index in [2.05, 4.69) is 4.90 Å².